The first-order valence-corrected chi connectivity index (χ1v) is 10.9. The van der Waals surface area contributed by atoms with E-state index in [9.17, 15) is 13.2 Å². The first kappa shape index (κ1) is 17.9. The largest absolute Gasteiger partial charge is 0.342 e. The van der Waals surface area contributed by atoms with Gasteiger partial charge in [0.2, 0.25) is 5.91 Å². The SMILES string of the molecule is CC1(CS(=O)(=O)c2ccc(Br)cc2)CCN(C(=O)C2(C)CC2)CC1. The molecule has 1 saturated carbocycles. The summed E-state index contributed by atoms with van der Waals surface area (Å²) in [5, 5.41) is 0. The van der Waals surface area contributed by atoms with Crippen LogP contribution in [0, 0.1) is 10.8 Å². The summed E-state index contributed by atoms with van der Waals surface area (Å²) in [5.41, 5.74) is -0.412. The van der Waals surface area contributed by atoms with Crippen molar-refractivity contribution in [2.45, 2.75) is 44.4 Å². The van der Waals surface area contributed by atoms with Crippen molar-refractivity contribution in [1.29, 1.82) is 0 Å². The molecule has 0 radical (unpaired) electrons. The van der Waals surface area contributed by atoms with Gasteiger partial charge in [0.1, 0.15) is 0 Å². The first-order valence-electron chi connectivity index (χ1n) is 8.41. The fourth-order valence-electron chi connectivity index (χ4n) is 3.36. The number of sulfone groups is 1. The van der Waals surface area contributed by atoms with Gasteiger partial charge in [0, 0.05) is 23.0 Å². The predicted molar refractivity (Wildman–Crippen MR) is 97.5 cm³/mol. The molecule has 0 aromatic heterocycles. The van der Waals surface area contributed by atoms with Crippen molar-refractivity contribution in [2.24, 2.45) is 10.8 Å². The maximum atomic E-state index is 12.7. The zero-order valence-corrected chi connectivity index (χ0v) is 16.6. The van der Waals surface area contributed by atoms with E-state index in [1.54, 1.807) is 24.3 Å². The third-order valence-electron chi connectivity index (χ3n) is 5.49. The Morgan fingerprint density at radius 1 is 1.08 bits per heavy atom. The Kier molecular flexibility index (Phi) is 4.58. The second-order valence-corrected chi connectivity index (χ2v) is 10.8. The quantitative estimate of drug-likeness (QED) is 0.756. The molecule has 0 spiro atoms. The Morgan fingerprint density at radius 3 is 2.12 bits per heavy atom. The molecule has 1 heterocycles. The average molecular weight is 414 g/mol. The van der Waals surface area contributed by atoms with Crippen LogP contribution in [0.2, 0.25) is 0 Å². The second-order valence-electron chi connectivity index (χ2n) is 7.88. The van der Waals surface area contributed by atoms with Gasteiger partial charge in [-0.1, -0.05) is 29.8 Å². The van der Waals surface area contributed by atoms with E-state index in [2.05, 4.69) is 15.9 Å². The number of piperidine rings is 1. The van der Waals surface area contributed by atoms with Gasteiger partial charge in [-0.25, -0.2) is 8.42 Å². The van der Waals surface area contributed by atoms with Crippen molar-refractivity contribution in [2.75, 3.05) is 18.8 Å². The van der Waals surface area contributed by atoms with Crippen LogP contribution in [-0.4, -0.2) is 38.1 Å². The molecule has 2 fully saturated rings. The highest BCUT2D eigenvalue weighted by Gasteiger charge is 2.48. The van der Waals surface area contributed by atoms with Gasteiger partial charge in [-0.2, -0.15) is 0 Å². The average Bonchev–Trinajstić information content (AvgIpc) is 3.26. The molecule has 1 amide bonds. The normalized spacial score (nSPS) is 22.2. The van der Waals surface area contributed by atoms with Gasteiger partial charge in [-0.05, 0) is 55.4 Å². The summed E-state index contributed by atoms with van der Waals surface area (Å²) < 4.78 is 26.3. The highest BCUT2D eigenvalue weighted by molar-refractivity contribution is 9.10. The summed E-state index contributed by atoms with van der Waals surface area (Å²) in [7, 11) is -3.31. The third-order valence-corrected chi connectivity index (χ3v) is 8.08. The zero-order chi connectivity index (χ0) is 17.6. The number of hydrogen-bond donors (Lipinski definition) is 0. The summed E-state index contributed by atoms with van der Waals surface area (Å²) in [5.74, 6) is 0.390. The Bertz CT molecular complexity index is 730. The molecule has 6 heteroatoms. The molecule has 132 valence electrons. The van der Waals surface area contributed by atoms with Crippen molar-refractivity contribution in [1.82, 2.24) is 4.90 Å². The minimum absolute atomic E-state index is 0.140. The van der Waals surface area contributed by atoms with Crippen molar-refractivity contribution in [3.63, 3.8) is 0 Å². The number of amides is 1. The number of carbonyl (C=O) groups is 1. The molecule has 4 nitrogen and oxygen atoms in total. The summed E-state index contributed by atoms with van der Waals surface area (Å²) in [6, 6.07) is 6.81. The van der Waals surface area contributed by atoms with Crippen LogP contribution in [0.15, 0.2) is 33.6 Å². The van der Waals surface area contributed by atoms with Gasteiger partial charge in [0.15, 0.2) is 9.84 Å². The summed E-state index contributed by atoms with van der Waals surface area (Å²) in [6.45, 7) is 5.40. The molecule has 0 N–H and O–H groups in total. The molecule has 1 aliphatic heterocycles. The fourth-order valence-corrected chi connectivity index (χ4v) is 5.55. The van der Waals surface area contributed by atoms with Crippen molar-refractivity contribution in [3.8, 4) is 0 Å². The third kappa shape index (κ3) is 3.69. The molecule has 0 bridgehead atoms. The first-order chi connectivity index (χ1) is 11.1. The van der Waals surface area contributed by atoms with Crippen molar-refractivity contribution >= 4 is 31.7 Å². The molecule has 3 rings (SSSR count). The van der Waals surface area contributed by atoms with Gasteiger partial charge in [-0.15, -0.1) is 0 Å². The number of hydrogen-bond acceptors (Lipinski definition) is 3. The van der Waals surface area contributed by atoms with Crippen LogP contribution in [0.5, 0.6) is 0 Å². The summed E-state index contributed by atoms with van der Waals surface area (Å²) in [4.78, 5) is 14.7. The van der Waals surface area contributed by atoms with Crippen LogP contribution >= 0.6 is 15.9 Å². The van der Waals surface area contributed by atoms with E-state index in [4.69, 9.17) is 0 Å². The lowest BCUT2D eigenvalue weighted by Crippen LogP contribution is -2.46. The van der Waals surface area contributed by atoms with Gasteiger partial charge < -0.3 is 4.90 Å². The molecular formula is C18H24BrNO3S. The maximum Gasteiger partial charge on any atom is 0.228 e. The lowest BCUT2D eigenvalue weighted by Gasteiger charge is -2.40. The molecule has 1 aromatic rings. The topological polar surface area (TPSA) is 54.5 Å². The van der Waals surface area contributed by atoms with Crippen LogP contribution in [-0.2, 0) is 14.6 Å². The van der Waals surface area contributed by atoms with Gasteiger partial charge >= 0.3 is 0 Å². The predicted octanol–water partition coefficient (Wildman–Crippen LogP) is 3.65. The monoisotopic (exact) mass is 413 g/mol. The Morgan fingerprint density at radius 2 is 1.62 bits per heavy atom. The van der Waals surface area contributed by atoms with Crippen LogP contribution < -0.4 is 0 Å². The van der Waals surface area contributed by atoms with E-state index in [1.165, 1.54) is 0 Å². The Labute approximate surface area is 152 Å². The standard InChI is InChI=1S/C18H24BrNO3S/c1-17(13-24(22,23)15-5-3-14(19)4-6-15)9-11-20(12-10-17)16(21)18(2)7-8-18/h3-6H,7-13H2,1-2H3. The number of halogens is 1. The van der Waals surface area contributed by atoms with Crippen LogP contribution in [0.4, 0.5) is 0 Å². The number of carbonyl (C=O) groups excluding carboxylic acids is 1. The maximum absolute atomic E-state index is 12.7. The van der Waals surface area contributed by atoms with Crippen LogP contribution in [0.1, 0.15) is 39.5 Å². The van der Waals surface area contributed by atoms with Gasteiger partial charge in [0.05, 0.1) is 10.6 Å². The molecule has 0 atom stereocenters. The smallest absolute Gasteiger partial charge is 0.228 e. The fraction of sp³-hybridized carbons (Fsp3) is 0.611. The number of nitrogens with zero attached hydrogens (tertiary/aromatic N) is 1. The Hall–Kier alpha value is -0.880. The van der Waals surface area contributed by atoms with E-state index in [0.29, 0.717) is 18.0 Å². The lowest BCUT2D eigenvalue weighted by atomic mass is 9.82. The molecule has 2 aliphatic rings. The molecule has 1 aromatic carbocycles. The zero-order valence-electron chi connectivity index (χ0n) is 14.2. The van der Waals surface area contributed by atoms with Gasteiger partial charge in [-0.3, -0.25) is 4.79 Å². The Balaban J connectivity index is 1.65. The number of likely N-dealkylation sites (tertiary alicyclic amines) is 1. The molecule has 0 unspecified atom stereocenters. The second kappa shape index (κ2) is 6.13. The molecule has 1 saturated heterocycles. The lowest BCUT2D eigenvalue weighted by molar-refractivity contribution is -0.138. The van der Waals surface area contributed by atoms with Crippen LogP contribution in [0.3, 0.4) is 0 Å². The highest BCUT2D eigenvalue weighted by Crippen LogP contribution is 2.47. The molecule has 1 aliphatic carbocycles. The highest BCUT2D eigenvalue weighted by atomic mass is 79.9. The number of rotatable bonds is 4. The van der Waals surface area contributed by atoms with Crippen molar-refractivity contribution < 1.29 is 13.2 Å². The summed E-state index contributed by atoms with van der Waals surface area (Å²) in [6.07, 6.45) is 3.45. The summed E-state index contributed by atoms with van der Waals surface area (Å²) >= 11 is 3.33. The minimum Gasteiger partial charge on any atom is -0.342 e. The van der Waals surface area contributed by atoms with Crippen molar-refractivity contribution in [3.05, 3.63) is 28.7 Å². The van der Waals surface area contributed by atoms with E-state index in [-0.39, 0.29) is 22.5 Å². The minimum atomic E-state index is -3.31. The van der Waals surface area contributed by atoms with E-state index in [1.807, 2.05) is 18.7 Å². The number of benzene rings is 1. The van der Waals surface area contributed by atoms with Crippen LogP contribution in [0.25, 0.3) is 0 Å². The van der Waals surface area contributed by atoms with E-state index < -0.39 is 9.84 Å². The molecular weight excluding hydrogens is 390 g/mol. The molecule has 24 heavy (non-hydrogen) atoms. The van der Waals surface area contributed by atoms with Gasteiger partial charge in [0.25, 0.3) is 0 Å². The van der Waals surface area contributed by atoms with E-state index in [0.717, 1.165) is 30.2 Å². The van der Waals surface area contributed by atoms with E-state index >= 15 is 0 Å².